The highest BCUT2D eigenvalue weighted by molar-refractivity contribution is 6.44. The normalized spacial score (nSPS) is 42.0. The van der Waals surface area contributed by atoms with Gasteiger partial charge in [-0.25, -0.2) is 0 Å². The smallest absolute Gasteiger partial charge is 0.411 e. The molecule has 14 heavy (non-hydrogen) atoms. The summed E-state index contributed by atoms with van der Waals surface area (Å²) in [6.45, 7) is 1.82. The molecule has 2 aliphatic carbocycles. The summed E-state index contributed by atoms with van der Waals surface area (Å²) in [7, 11) is 0.132. The van der Waals surface area contributed by atoms with Gasteiger partial charge in [0.1, 0.15) is 0 Å². The number of rotatable bonds is 2. The lowest BCUT2D eigenvalue weighted by Gasteiger charge is -2.26. The summed E-state index contributed by atoms with van der Waals surface area (Å²) in [5, 5.41) is 0. The summed E-state index contributed by atoms with van der Waals surface area (Å²) < 4.78 is 11.3. The minimum Gasteiger partial charge on any atom is -0.411 e. The van der Waals surface area contributed by atoms with Crippen molar-refractivity contribution in [2.75, 3.05) is 13.2 Å². The van der Waals surface area contributed by atoms with E-state index in [0.29, 0.717) is 0 Å². The Hall–Kier alpha value is -0.0151. The SMILES string of the molecule is C1COB(C[C@H]2C[C@@H]3CC[C@H]2C3)OC1. The van der Waals surface area contributed by atoms with Crippen LogP contribution in [-0.2, 0) is 9.31 Å². The van der Waals surface area contributed by atoms with Crippen molar-refractivity contribution >= 4 is 7.12 Å². The first kappa shape index (κ1) is 9.23. The maximum atomic E-state index is 5.63. The summed E-state index contributed by atoms with van der Waals surface area (Å²) >= 11 is 0. The average Bonchev–Trinajstić information content (AvgIpc) is 2.81. The summed E-state index contributed by atoms with van der Waals surface area (Å²) in [4.78, 5) is 0. The van der Waals surface area contributed by atoms with Gasteiger partial charge in [0.15, 0.2) is 0 Å². The second-order valence-corrected chi connectivity index (χ2v) is 5.20. The molecule has 3 heteroatoms. The van der Waals surface area contributed by atoms with E-state index in [0.717, 1.165) is 37.4 Å². The predicted molar refractivity (Wildman–Crippen MR) is 56.0 cm³/mol. The maximum Gasteiger partial charge on any atom is 0.457 e. The topological polar surface area (TPSA) is 18.5 Å². The molecule has 0 radical (unpaired) electrons. The van der Waals surface area contributed by atoms with Crippen molar-refractivity contribution in [3.63, 3.8) is 0 Å². The Labute approximate surface area is 86.5 Å². The third kappa shape index (κ3) is 1.72. The first-order chi connectivity index (χ1) is 6.92. The van der Waals surface area contributed by atoms with Crippen LogP contribution in [0.2, 0.25) is 6.32 Å². The quantitative estimate of drug-likeness (QED) is 0.628. The van der Waals surface area contributed by atoms with Gasteiger partial charge >= 0.3 is 7.12 Å². The molecule has 0 N–H and O–H groups in total. The Morgan fingerprint density at radius 3 is 2.57 bits per heavy atom. The van der Waals surface area contributed by atoms with Gasteiger partial charge in [-0.15, -0.1) is 0 Å². The van der Waals surface area contributed by atoms with Crippen molar-refractivity contribution in [1.29, 1.82) is 0 Å². The van der Waals surface area contributed by atoms with Crippen molar-refractivity contribution < 1.29 is 9.31 Å². The van der Waals surface area contributed by atoms with Gasteiger partial charge in [0.25, 0.3) is 0 Å². The standard InChI is InChI=1S/C11H19BO2/c1-4-13-12(14-5-1)8-11-7-9-2-3-10(11)6-9/h9-11H,1-8H2/t9-,10+,11-/m1/s1. The van der Waals surface area contributed by atoms with E-state index >= 15 is 0 Å². The second kappa shape index (κ2) is 3.86. The molecule has 2 nitrogen and oxygen atoms in total. The Balaban J connectivity index is 1.52. The first-order valence-corrected chi connectivity index (χ1v) is 6.15. The van der Waals surface area contributed by atoms with E-state index in [1.165, 1.54) is 32.0 Å². The molecule has 0 aromatic rings. The van der Waals surface area contributed by atoms with Crippen molar-refractivity contribution in [1.82, 2.24) is 0 Å². The third-order valence-corrected chi connectivity index (χ3v) is 4.28. The number of fused-ring (bicyclic) bond motifs is 2. The number of hydrogen-bond donors (Lipinski definition) is 0. The fourth-order valence-corrected chi connectivity index (χ4v) is 3.59. The molecule has 3 rings (SSSR count). The van der Waals surface area contributed by atoms with Gasteiger partial charge in [-0.05, 0) is 49.8 Å². The molecule has 78 valence electrons. The van der Waals surface area contributed by atoms with Crippen LogP contribution in [0.4, 0.5) is 0 Å². The van der Waals surface area contributed by atoms with Crippen molar-refractivity contribution in [2.45, 2.75) is 38.4 Å². The molecule has 0 unspecified atom stereocenters. The average molecular weight is 194 g/mol. The lowest BCUT2D eigenvalue weighted by molar-refractivity contribution is 0.127. The van der Waals surface area contributed by atoms with Gasteiger partial charge in [-0.3, -0.25) is 0 Å². The lowest BCUT2D eigenvalue weighted by atomic mass is 9.71. The summed E-state index contributed by atoms with van der Waals surface area (Å²) in [6.07, 6.45) is 8.16. The molecule has 3 fully saturated rings. The van der Waals surface area contributed by atoms with Gasteiger partial charge < -0.3 is 9.31 Å². The Morgan fingerprint density at radius 1 is 1.07 bits per heavy atom. The predicted octanol–water partition coefficient (Wildman–Crippen LogP) is 2.35. The molecule has 2 saturated carbocycles. The molecule has 0 spiro atoms. The molecule has 3 aliphatic rings. The zero-order valence-electron chi connectivity index (χ0n) is 8.78. The largest absolute Gasteiger partial charge is 0.457 e. The van der Waals surface area contributed by atoms with E-state index < -0.39 is 0 Å². The van der Waals surface area contributed by atoms with Crippen LogP contribution in [0.25, 0.3) is 0 Å². The molecule has 3 atom stereocenters. The van der Waals surface area contributed by atoms with Gasteiger partial charge in [-0.1, -0.05) is 6.42 Å². The van der Waals surface area contributed by atoms with Crippen molar-refractivity contribution in [2.24, 2.45) is 17.8 Å². The van der Waals surface area contributed by atoms with Gasteiger partial charge in [0.2, 0.25) is 0 Å². The first-order valence-electron chi connectivity index (χ1n) is 6.15. The Kier molecular flexibility index (Phi) is 2.54. The van der Waals surface area contributed by atoms with Crippen LogP contribution in [0.15, 0.2) is 0 Å². The minimum absolute atomic E-state index is 0.132. The van der Waals surface area contributed by atoms with Crippen LogP contribution < -0.4 is 0 Å². The van der Waals surface area contributed by atoms with Gasteiger partial charge in [-0.2, -0.15) is 0 Å². The summed E-state index contributed by atoms with van der Waals surface area (Å²) in [6, 6.07) is 0. The molecule has 0 aromatic carbocycles. The fourth-order valence-electron chi connectivity index (χ4n) is 3.59. The monoisotopic (exact) mass is 194 g/mol. The zero-order valence-corrected chi connectivity index (χ0v) is 8.78. The highest BCUT2D eigenvalue weighted by atomic mass is 16.6. The second-order valence-electron chi connectivity index (χ2n) is 5.20. The van der Waals surface area contributed by atoms with E-state index in [4.69, 9.17) is 9.31 Å². The van der Waals surface area contributed by atoms with E-state index in [1.54, 1.807) is 0 Å². The molecule has 0 amide bonds. The van der Waals surface area contributed by atoms with E-state index in [-0.39, 0.29) is 7.12 Å². The minimum atomic E-state index is 0.132. The number of hydrogen-bond acceptors (Lipinski definition) is 2. The molecule has 1 saturated heterocycles. The molecule has 1 aliphatic heterocycles. The third-order valence-electron chi connectivity index (χ3n) is 4.28. The molecule has 1 heterocycles. The van der Waals surface area contributed by atoms with E-state index in [2.05, 4.69) is 0 Å². The van der Waals surface area contributed by atoms with Crippen LogP contribution in [0, 0.1) is 17.8 Å². The Morgan fingerprint density at radius 2 is 1.93 bits per heavy atom. The maximum absolute atomic E-state index is 5.63. The van der Waals surface area contributed by atoms with Gasteiger partial charge in [0, 0.05) is 13.2 Å². The van der Waals surface area contributed by atoms with Crippen LogP contribution in [0.1, 0.15) is 32.1 Å². The fraction of sp³-hybridized carbons (Fsp3) is 1.00. The summed E-state index contributed by atoms with van der Waals surface area (Å²) in [5.74, 6) is 2.97. The highest BCUT2D eigenvalue weighted by Gasteiger charge is 2.41. The van der Waals surface area contributed by atoms with Crippen LogP contribution in [0.3, 0.4) is 0 Å². The zero-order chi connectivity index (χ0) is 9.38. The summed E-state index contributed by atoms with van der Waals surface area (Å²) in [5.41, 5.74) is 0. The molecular weight excluding hydrogens is 175 g/mol. The van der Waals surface area contributed by atoms with Crippen LogP contribution >= 0.6 is 0 Å². The van der Waals surface area contributed by atoms with Gasteiger partial charge in [0.05, 0.1) is 0 Å². The Bertz CT molecular complexity index is 203. The highest BCUT2D eigenvalue weighted by Crippen LogP contribution is 2.50. The van der Waals surface area contributed by atoms with E-state index in [1.807, 2.05) is 0 Å². The van der Waals surface area contributed by atoms with Crippen molar-refractivity contribution in [3.8, 4) is 0 Å². The van der Waals surface area contributed by atoms with Crippen LogP contribution in [-0.4, -0.2) is 20.3 Å². The van der Waals surface area contributed by atoms with E-state index in [9.17, 15) is 0 Å². The van der Waals surface area contributed by atoms with Crippen LogP contribution in [0.5, 0.6) is 0 Å². The van der Waals surface area contributed by atoms with Crippen molar-refractivity contribution in [3.05, 3.63) is 0 Å². The molecule has 0 aromatic heterocycles. The lowest BCUT2D eigenvalue weighted by Crippen LogP contribution is -2.32. The molecular formula is C11H19BO2. The molecule has 2 bridgehead atoms.